The van der Waals surface area contributed by atoms with Gasteiger partial charge in [-0.15, -0.1) is 0 Å². The lowest BCUT2D eigenvalue weighted by Gasteiger charge is -2.03. The van der Waals surface area contributed by atoms with E-state index in [1.165, 1.54) is 32.2 Å². The number of ether oxygens (including phenoxy) is 1. The van der Waals surface area contributed by atoms with Crippen LogP contribution >= 0.6 is 0 Å². The number of hydrogen-bond donors (Lipinski definition) is 0. The summed E-state index contributed by atoms with van der Waals surface area (Å²) in [6.45, 7) is 1.33. The van der Waals surface area contributed by atoms with Crippen molar-refractivity contribution in [3.63, 3.8) is 0 Å². The third-order valence-corrected chi connectivity index (χ3v) is 2.14. The van der Waals surface area contributed by atoms with Crippen LogP contribution in [0.25, 0.3) is 0 Å². The van der Waals surface area contributed by atoms with E-state index in [0.717, 1.165) is 0 Å². The summed E-state index contributed by atoms with van der Waals surface area (Å²) in [5.41, 5.74) is 0.229. The summed E-state index contributed by atoms with van der Waals surface area (Å²) in [6.07, 6.45) is -0.0822. The van der Waals surface area contributed by atoms with Crippen molar-refractivity contribution < 1.29 is 19.2 Å². The van der Waals surface area contributed by atoms with Crippen LogP contribution in [-0.2, 0) is 16.0 Å². The van der Waals surface area contributed by atoms with E-state index in [1.807, 2.05) is 0 Å². The van der Waals surface area contributed by atoms with E-state index in [4.69, 9.17) is 0 Å². The van der Waals surface area contributed by atoms with Gasteiger partial charge in [0, 0.05) is 18.1 Å². The van der Waals surface area contributed by atoms with Crippen molar-refractivity contribution in [2.24, 2.45) is 0 Å². The molecule has 0 aliphatic rings. The fraction of sp³-hybridized carbons (Fsp3) is 0.273. The minimum atomic E-state index is -0.593. The monoisotopic (exact) mass is 237 g/mol. The molecule has 0 aliphatic heterocycles. The molecule has 0 amide bonds. The van der Waals surface area contributed by atoms with Gasteiger partial charge in [-0.1, -0.05) is 0 Å². The van der Waals surface area contributed by atoms with Crippen molar-refractivity contribution >= 4 is 17.4 Å². The number of carbonyl (C=O) groups is 2. The average molecular weight is 237 g/mol. The van der Waals surface area contributed by atoms with Gasteiger partial charge in [-0.05, 0) is 19.1 Å². The molecular formula is C11H11NO5. The molecule has 0 atom stereocenters. The zero-order chi connectivity index (χ0) is 13.0. The quantitative estimate of drug-likeness (QED) is 0.450. The van der Waals surface area contributed by atoms with Gasteiger partial charge in [-0.2, -0.15) is 0 Å². The maximum atomic E-state index is 11.3. The van der Waals surface area contributed by atoms with Crippen LogP contribution in [0.3, 0.4) is 0 Å². The Bertz CT molecular complexity index is 481. The fourth-order valence-electron chi connectivity index (χ4n) is 1.42. The van der Waals surface area contributed by atoms with E-state index >= 15 is 0 Å². The molecule has 0 heterocycles. The molecule has 1 rings (SSSR count). The second kappa shape index (κ2) is 5.20. The molecule has 0 saturated heterocycles. The molecule has 6 heteroatoms. The Morgan fingerprint density at radius 2 is 2.06 bits per heavy atom. The predicted octanol–water partition coefficient (Wildman–Crippen LogP) is 1.51. The van der Waals surface area contributed by atoms with E-state index in [0.29, 0.717) is 0 Å². The van der Waals surface area contributed by atoms with Gasteiger partial charge in [0.05, 0.1) is 17.6 Å². The van der Waals surface area contributed by atoms with Crippen LogP contribution in [0.4, 0.5) is 5.69 Å². The first-order valence-electron chi connectivity index (χ1n) is 4.80. The molecule has 0 radical (unpaired) electrons. The molecule has 0 spiro atoms. The fourth-order valence-corrected chi connectivity index (χ4v) is 1.42. The second-order valence-corrected chi connectivity index (χ2v) is 3.47. The van der Waals surface area contributed by atoms with Crippen molar-refractivity contribution in [2.75, 3.05) is 7.11 Å². The number of methoxy groups -OCH3 is 1. The molecule has 6 nitrogen and oxygen atoms in total. The molecule has 0 bridgehead atoms. The highest BCUT2D eigenvalue weighted by molar-refractivity contribution is 5.90. The number of nitrogens with zero attached hydrogens (tertiary/aromatic N) is 1. The average Bonchev–Trinajstić information content (AvgIpc) is 2.26. The molecular weight excluding hydrogens is 226 g/mol. The zero-order valence-electron chi connectivity index (χ0n) is 9.43. The summed E-state index contributed by atoms with van der Waals surface area (Å²) >= 11 is 0. The Labute approximate surface area is 97.3 Å². The first-order chi connectivity index (χ1) is 7.95. The molecule has 0 saturated carbocycles. The van der Waals surface area contributed by atoms with Crippen LogP contribution in [0.2, 0.25) is 0 Å². The summed E-state index contributed by atoms with van der Waals surface area (Å²) < 4.78 is 4.50. The lowest BCUT2D eigenvalue weighted by atomic mass is 10.0. The number of nitro benzene ring substituents is 1. The van der Waals surface area contributed by atoms with Gasteiger partial charge in [0.1, 0.15) is 5.78 Å². The van der Waals surface area contributed by atoms with E-state index in [1.54, 1.807) is 0 Å². The number of Topliss-reactive ketones (excluding diaryl/α,β-unsaturated/α-hetero) is 1. The highest BCUT2D eigenvalue weighted by Crippen LogP contribution is 2.21. The highest BCUT2D eigenvalue weighted by Gasteiger charge is 2.17. The topological polar surface area (TPSA) is 86.5 Å². The molecule has 0 unspecified atom stereocenters. The lowest BCUT2D eigenvalue weighted by molar-refractivity contribution is -0.385. The van der Waals surface area contributed by atoms with Crippen LogP contribution < -0.4 is 0 Å². The largest absolute Gasteiger partial charge is 0.465 e. The van der Waals surface area contributed by atoms with Crippen LogP contribution in [0, 0.1) is 10.1 Å². The zero-order valence-corrected chi connectivity index (χ0v) is 9.43. The Morgan fingerprint density at radius 1 is 1.41 bits per heavy atom. The van der Waals surface area contributed by atoms with Crippen molar-refractivity contribution in [2.45, 2.75) is 13.3 Å². The molecule has 0 N–H and O–H groups in total. The number of hydrogen-bond acceptors (Lipinski definition) is 5. The number of benzene rings is 1. The summed E-state index contributed by atoms with van der Waals surface area (Å²) in [4.78, 5) is 32.4. The molecule has 0 fully saturated rings. The highest BCUT2D eigenvalue weighted by atomic mass is 16.6. The van der Waals surface area contributed by atoms with Gasteiger partial charge in [0.2, 0.25) is 0 Å². The van der Waals surface area contributed by atoms with Crippen molar-refractivity contribution in [1.82, 2.24) is 0 Å². The Hall–Kier alpha value is -2.24. The predicted molar refractivity (Wildman–Crippen MR) is 58.8 cm³/mol. The minimum absolute atomic E-state index is 0.0822. The molecule has 1 aromatic rings. The smallest absolute Gasteiger partial charge is 0.337 e. The number of carbonyl (C=O) groups excluding carboxylic acids is 2. The number of esters is 1. The second-order valence-electron chi connectivity index (χ2n) is 3.47. The molecule has 90 valence electrons. The van der Waals surface area contributed by atoms with Crippen LogP contribution in [-0.4, -0.2) is 23.8 Å². The van der Waals surface area contributed by atoms with E-state index < -0.39 is 10.9 Å². The maximum absolute atomic E-state index is 11.3. The first kappa shape index (κ1) is 12.8. The molecule has 17 heavy (non-hydrogen) atoms. The molecule has 0 aliphatic carbocycles. The number of nitro groups is 1. The third-order valence-electron chi connectivity index (χ3n) is 2.14. The molecule has 1 aromatic carbocycles. The summed E-state index contributed by atoms with van der Waals surface area (Å²) in [7, 11) is 1.22. The van der Waals surface area contributed by atoms with Gasteiger partial charge < -0.3 is 4.74 Å². The van der Waals surface area contributed by atoms with E-state index in [2.05, 4.69) is 4.74 Å². The van der Waals surface area contributed by atoms with Crippen LogP contribution in [0.1, 0.15) is 22.8 Å². The standard InChI is InChI=1S/C11H11NO5/c1-7(13)5-9-6-8(11(14)17-2)3-4-10(9)12(15)16/h3-4,6H,5H2,1-2H3. The minimum Gasteiger partial charge on any atom is -0.465 e. The third kappa shape index (κ3) is 3.10. The molecule has 0 aromatic heterocycles. The van der Waals surface area contributed by atoms with Gasteiger partial charge in [-0.25, -0.2) is 4.79 Å². The van der Waals surface area contributed by atoms with Gasteiger partial charge in [0.25, 0.3) is 5.69 Å². The number of rotatable bonds is 4. The van der Waals surface area contributed by atoms with Crippen LogP contribution in [0.15, 0.2) is 18.2 Å². The van der Waals surface area contributed by atoms with Gasteiger partial charge in [0.15, 0.2) is 0 Å². The maximum Gasteiger partial charge on any atom is 0.337 e. The Morgan fingerprint density at radius 3 is 2.53 bits per heavy atom. The number of ketones is 1. The van der Waals surface area contributed by atoms with Gasteiger partial charge in [-0.3, -0.25) is 14.9 Å². The summed E-state index contributed by atoms with van der Waals surface area (Å²) in [5.74, 6) is -0.806. The normalized spacial score (nSPS) is 9.76. The van der Waals surface area contributed by atoms with Crippen molar-refractivity contribution in [3.8, 4) is 0 Å². The van der Waals surface area contributed by atoms with E-state index in [9.17, 15) is 19.7 Å². The summed E-state index contributed by atoms with van der Waals surface area (Å²) in [6, 6.07) is 3.81. The van der Waals surface area contributed by atoms with Crippen LogP contribution in [0.5, 0.6) is 0 Å². The van der Waals surface area contributed by atoms with Crippen molar-refractivity contribution in [3.05, 3.63) is 39.4 Å². The lowest BCUT2D eigenvalue weighted by Crippen LogP contribution is -2.06. The SMILES string of the molecule is COC(=O)c1ccc([N+](=O)[O-])c(CC(C)=O)c1. The Balaban J connectivity index is 3.23. The van der Waals surface area contributed by atoms with Crippen molar-refractivity contribution in [1.29, 1.82) is 0 Å². The summed E-state index contributed by atoms with van der Waals surface area (Å²) in [5, 5.41) is 10.7. The van der Waals surface area contributed by atoms with Gasteiger partial charge >= 0.3 is 5.97 Å². The van der Waals surface area contributed by atoms with E-state index in [-0.39, 0.29) is 29.0 Å². The first-order valence-corrected chi connectivity index (χ1v) is 4.80. The Kier molecular flexibility index (Phi) is 3.92.